The maximum atomic E-state index is 12.4. The van der Waals surface area contributed by atoms with E-state index in [2.05, 4.69) is 30.9 Å². The molecular weight excluding hydrogens is 358 g/mol. The van der Waals surface area contributed by atoms with Crippen molar-refractivity contribution in [1.29, 1.82) is 5.26 Å². The molecule has 1 aromatic heterocycles. The fourth-order valence-electron chi connectivity index (χ4n) is 2.69. The highest BCUT2D eigenvalue weighted by Crippen LogP contribution is 2.43. The van der Waals surface area contributed by atoms with Crippen molar-refractivity contribution < 1.29 is 9.53 Å². The van der Waals surface area contributed by atoms with E-state index in [9.17, 15) is 10.1 Å². The first kappa shape index (κ1) is 20.3. The highest BCUT2D eigenvalue weighted by molar-refractivity contribution is 8.02. The van der Waals surface area contributed by atoms with Crippen LogP contribution in [0.2, 0.25) is 0 Å². The van der Waals surface area contributed by atoms with E-state index in [0.717, 1.165) is 27.4 Å². The van der Waals surface area contributed by atoms with Gasteiger partial charge in [0.05, 0.1) is 29.6 Å². The van der Waals surface area contributed by atoms with Crippen LogP contribution in [0.4, 0.5) is 0 Å². The van der Waals surface area contributed by atoms with E-state index in [1.807, 2.05) is 19.1 Å². The first-order valence-electron chi connectivity index (χ1n) is 8.37. The average Bonchev–Trinajstić information content (AvgIpc) is 3.07. The highest BCUT2D eigenvalue weighted by Gasteiger charge is 2.31. The van der Waals surface area contributed by atoms with Crippen molar-refractivity contribution in [2.45, 2.75) is 19.6 Å². The summed E-state index contributed by atoms with van der Waals surface area (Å²) in [5, 5.41) is 13.8. The number of carbonyl (C=O) groups excluding carboxylic acids is 1. The van der Waals surface area contributed by atoms with Gasteiger partial charge in [-0.15, -0.1) is 11.8 Å². The van der Waals surface area contributed by atoms with E-state index in [4.69, 9.17) is 4.74 Å². The van der Waals surface area contributed by atoms with Gasteiger partial charge >= 0.3 is 5.97 Å². The van der Waals surface area contributed by atoms with Crippen LogP contribution in [0.1, 0.15) is 35.6 Å². The van der Waals surface area contributed by atoms with E-state index in [1.165, 1.54) is 11.8 Å². The van der Waals surface area contributed by atoms with Crippen LogP contribution in [-0.4, -0.2) is 22.4 Å². The second kappa shape index (κ2) is 9.06. The normalized spacial score (nSPS) is 13.9. The number of aromatic nitrogens is 2. The lowest BCUT2D eigenvalue weighted by Crippen LogP contribution is -2.09. The minimum atomic E-state index is -0.470. The number of nitriles is 1. The van der Waals surface area contributed by atoms with Crippen LogP contribution < -0.4 is 0 Å². The number of fused-ring (bicyclic) bond motifs is 1. The summed E-state index contributed by atoms with van der Waals surface area (Å²) in [6.45, 7) is 15.3. The number of allylic oxidation sites excluding steroid dienone is 8. The van der Waals surface area contributed by atoms with Crippen LogP contribution in [0.25, 0.3) is 11.3 Å². The number of hydrogen-bond acceptors (Lipinski definition) is 5. The summed E-state index contributed by atoms with van der Waals surface area (Å²) in [5.74, 6) is 0.0150. The summed E-state index contributed by atoms with van der Waals surface area (Å²) in [5.41, 5.74) is 3.59. The lowest BCUT2D eigenvalue weighted by atomic mass is 10.0. The monoisotopic (exact) mass is 379 g/mol. The third kappa shape index (κ3) is 3.88. The highest BCUT2D eigenvalue weighted by atomic mass is 32.2. The standard InChI is InChI=1S/C21H21N3O2S/c1-6-10-11-15(7-2)24-19-16(8-3)20(14(5)12-22)27-13-17(19)18(23-24)21(25)26-9-4/h6-8,10-11H,1,3,5,9,13H2,2,4H3/b11-10-,15-7+. The molecule has 1 aliphatic heterocycles. The zero-order valence-corrected chi connectivity index (χ0v) is 16.3. The second-order valence-electron chi connectivity index (χ2n) is 5.44. The fraction of sp³-hybridized carbons (Fsp3) is 0.190. The minimum Gasteiger partial charge on any atom is -0.461 e. The summed E-state index contributed by atoms with van der Waals surface area (Å²) >= 11 is 1.44. The quantitative estimate of drug-likeness (QED) is 0.383. The van der Waals surface area contributed by atoms with Crippen LogP contribution in [0.3, 0.4) is 0 Å². The van der Waals surface area contributed by atoms with Gasteiger partial charge in [-0.2, -0.15) is 10.4 Å². The van der Waals surface area contributed by atoms with Gasteiger partial charge in [0.15, 0.2) is 5.69 Å². The minimum absolute atomic E-state index is 0.265. The summed E-state index contributed by atoms with van der Waals surface area (Å²) < 4.78 is 6.86. The van der Waals surface area contributed by atoms with Crippen LogP contribution in [-0.2, 0) is 10.5 Å². The summed E-state index contributed by atoms with van der Waals surface area (Å²) in [6, 6.07) is 2.09. The molecular formula is C21H21N3O2S. The van der Waals surface area contributed by atoms with Gasteiger partial charge in [-0.3, -0.25) is 0 Å². The Balaban J connectivity index is 2.82. The van der Waals surface area contributed by atoms with Crippen molar-refractivity contribution in [3.05, 3.63) is 77.5 Å². The molecule has 0 atom stereocenters. The Labute approximate surface area is 163 Å². The molecule has 1 aliphatic rings. The van der Waals surface area contributed by atoms with Crippen molar-refractivity contribution in [2.24, 2.45) is 0 Å². The van der Waals surface area contributed by atoms with Gasteiger partial charge in [0.2, 0.25) is 0 Å². The molecule has 0 spiro atoms. The largest absolute Gasteiger partial charge is 0.461 e. The van der Waals surface area contributed by atoms with Crippen molar-refractivity contribution in [3.8, 4) is 6.07 Å². The summed E-state index contributed by atoms with van der Waals surface area (Å²) in [6.07, 6.45) is 8.84. The fourth-order valence-corrected chi connectivity index (χ4v) is 3.81. The Morgan fingerprint density at radius 2 is 2.22 bits per heavy atom. The molecule has 0 saturated heterocycles. The number of carbonyl (C=O) groups is 1. The zero-order valence-electron chi connectivity index (χ0n) is 15.5. The van der Waals surface area contributed by atoms with Gasteiger partial charge in [0.1, 0.15) is 0 Å². The lowest BCUT2D eigenvalue weighted by molar-refractivity contribution is 0.0518. The zero-order chi connectivity index (χ0) is 20.0. The predicted molar refractivity (Wildman–Crippen MR) is 111 cm³/mol. The van der Waals surface area contributed by atoms with E-state index >= 15 is 0 Å². The SMILES string of the molecule is C=C/C=C\C(=C/C)n1nc(C(=O)OCC)c2c1C(C=C)=C(C(=C)C#N)SC2. The predicted octanol–water partition coefficient (Wildman–Crippen LogP) is 4.89. The Morgan fingerprint density at radius 1 is 1.48 bits per heavy atom. The van der Waals surface area contributed by atoms with Gasteiger partial charge in [-0.25, -0.2) is 9.48 Å². The Kier molecular flexibility index (Phi) is 6.80. The Bertz CT molecular complexity index is 939. The molecule has 138 valence electrons. The van der Waals surface area contributed by atoms with Crippen molar-refractivity contribution >= 4 is 29.0 Å². The van der Waals surface area contributed by atoms with Crippen molar-refractivity contribution in [2.75, 3.05) is 6.61 Å². The second-order valence-corrected chi connectivity index (χ2v) is 6.43. The summed E-state index contributed by atoms with van der Waals surface area (Å²) in [7, 11) is 0. The number of hydrogen-bond donors (Lipinski definition) is 0. The molecule has 2 rings (SSSR count). The Morgan fingerprint density at radius 3 is 2.78 bits per heavy atom. The van der Waals surface area contributed by atoms with E-state index < -0.39 is 5.97 Å². The Hall–Kier alpha value is -3.04. The molecule has 0 N–H and O–H groups in total. The maximum absolute atomic E-state index is 12.4. The molecule has 5 nitrogen and oxygen atoms in total. The number of thioether (sulfide) groups is 1. The molecule has 27 heavy (non-hydrogen) atoms. The van der Waals surface area contributed by atoms with Gasteiger partial charge in [0, 0.05) is 21.8 Å². The van der Waals surface area contributed by atoms with Gasteiger partial charge < -0.3 is 4.74 Å². The smallest absolute Gasteiger partial charge is 0.359 e. The molecule has 0 radical (unpaired) electrons. The first-order chi connectivity index (χ1) is 13.0. The van der Waals surface area contributed by atoms with Crippen LogP contribution >= 0.6 is 11.8 Å². The molecule has 1 aromatic rings. The third-order valence-electron chi connectivity index (χ3n) is 3.87. The average molecular weight is 379 g/mol. The molecule has 0 unspecified atom stereocenters. The van der Waals surface area contributed by atoms with Crippen LogP contribution in [0.15, 0.2) is 60.6 Å². The molecule has 0 bridgehead atoms. The number of nitrogens with zero attached hydrogens (tertiary/aromatic N) is 3. The number of esters is 1. The summed E-state index contributed by atoms with van der Waals surface area (Å²) in [4.78, 5) is 13.2. The van der Waals surface area contributed by atoms with Crippen LogP contribution in [0.5, 0.6) is 0 Å². The lowest BCUT2D eigenvalue weighted by Gasteiger charge is -2.20. The molecule has 0 aromatic carbocycles. The van der Waals surface area contributed by atoms with E-state index in [1.54, 1.807) is 29.8 Å². The molecule has 0 amide bonds. The molecule has 0 fully saturated rings. The van der Waals surface area contributed by atoms with Crippen molar-refractivity contribution in [1.82, 2.24) is 9.78 Å². The van der Waals surface area contributed by atoms with Gasteiger partial charge in [-0.1, -0.05) is 44.0 Å². The maximum Gasteiger partial charge on any atom is 0.359 e. The third-order valence-corrected chi connectivity index (χ3v) is 5.06. The van der Waals surface area contributed by atoms with E-state index in [0.29, 0.717) is 11.3 Å². The molecule has 6 heteroatoms. The molecule has 0 aliphatic carbocycles. The number of rotatable bonds is 7. The molecule has 0 saturated carbocycles. The van der Waals surface area contributed by atoms with E-state index in [-0.39, 0.29) is 12.3 Å². The molecule has 2 heterocycles. The van der Waals surface area contributed by atoms with Crippen molar-refractivity contribution in [3.63, 3.8) is 0 Å². The van der Waals surface area contributed by atoms with Gasteiger partial charge in [-0.05, 0) is 19.9 Å². The number of ether oxygens (including phenoxy) is 1. The first-order valence-corrected chi connectivity index (χ1v) is 9.36. The van der Waals surface area contributed by atoms with Gasteiger partial charge in [0.25, 0.3) is 0 Å². The van der Waals surface area contributed by atoms with Crippen LogP contribution in [0, 0.1) is 11.3 Å². The topological polar surface area (TPSA) is 67.9 Å².